The highest BCUT2D eigenvalue weighted by molar-refractivity contribution is 7.85. The maximum absolute atomic E-state index is 12.8. The van der Waals surface area contributed by atoms with Gasteiger partial charge in [0.1, 0.15) is 36.8 Å². The normalized spacial score (nSPS) is 20.8. The summed E-state index contributed by atoms with van der Waals surface area (Å²) in [5.74, 6) is -2.05. The minimum absolute atomic E-state index is 0.120. The number of hydrogen-bond acceptors (Lipinski definition) is 11. The van der Waals surface area contributed by atoms with Crippen molar-refractivity contribution in [3.05, 3.63) is 72.9 Å². The lowest BCUT2D eigenvalue weighted by Crippen LogP contribution is -2.60. The fraction of sp³-hybridized carbons (Fsp3) is 0.702. The zero-order valence-electron chi connectivity index (χ0n) is 36.5. The Balaban J connectivity index is 2.49. The SMILES string of the molecule is CC/C=C/C/C=C/C/C=C/C/C=C/C/C=C/CCCCCC(=O)O[C@H](COC(=O)CCCCCCC/C=C/CCCCCC)CO[C@H]1O[C@H](CS(=O)(=O)O)[C@@H](O)C(O)C1O. The molecule has 0 saturated carbocycles. The molecule has 0 spiro atoms. The van der Waals surface area contributed by atoms with Crippen molar-refractivity contribution in [1.29, 1.82) is 0 Å². The molecule has 0 aromatic rings. The number of esters is 2. The Hall–Kier alpha value is -2.91. The molecule has 344 valence electrons. The van der Waals surface area contributed by atoms with Crippen molar-refractivity contribution in [3.63, 3.8) is 0 Å². The van der Waals surface area contributed by atoms with Gasteiger partial charge < -0.3 is 34.3 Å². The maximum atomic E-state index is 12.8. The van der Waals surface area contributed by atoms with Crippen molar-refractivity contribution in [2.75, 3.05) is 19.0 Å². The number of hydrogen-bond donors (Lipinski definition) is 4. The van der Waals surface area contributed by atoms with Crippen LogP contribution in [-0.4, -0.2) is 96.0 Å². The third-order valence-electron chi connectivity index (χ3n) is 9.77. The monoisotopic (exact) mass is 867 g/mol. The van der Waals surface area contributed by atoms with Gasteiger partial charge in [-0.15, -0.1) is 0 Å². The van der Waals surface area contributed by atoms with E-state index in [-0.39, 0.29) is 19.4 Å². The quantitative estimate of drug-likeness (QED) is 0.0203. The lowest BCUT2D eigenvalue weighted by Gasteiger charge is -2.40. The van der Waals surface area contributed by atoms with E-state index in [0.29, 0.717) is 12.8 Å². The van der Waals surface area contributed by atoms with Crippen LogP contribution in [0.1, 0.15) is 155 Å². The molecule has 6 atom stereocenters. The standard InChI is InChI=1S/C47H78O12S/c1-3-5-7-9-11-13-15-17-18-19-20-21-22-24-26-28-30-32-34-36-43(49)58-40(38-57-47-46(52)45(51)44(50)41(59-47)39-60(53,54)55)37-56-42(48)35-33-31-29-27-25-23-16-14-12-10-8-6-4-2/h5,7,11,13-14,16-18,20-21,24,26,40-41,44-47,50-52H,3-4,6,8-10,12,15,19,22-23,25,27-39H2,1-2H3,(H,53,54,55)/b7-5+,13-11+,16-14+,18-17+,21-20+,26-24+/t40-,41-,44-,45?,46?,47+/m1/s1. The molecule has 1 saturated heterocycles. The molecule has 1 fully saturated rings. The van der Waals surface area contributed by atoms with Crippen LogP contribution in [0.2, 0.25) is 0 Å². The minimum atomic E-state index is -4.61. The molecule has 0 bridgehead atoms. The van der Waals surface area contributed by atoms with E-state index in [1.165, 1.54) is 25.7 Å². The van der Waals surface area contributed by atoms with Crippen molar-refractivity contribution >= 4 is 22.1 Å². The van der Waals surface area contributed by atoms with Crippen LogP contribution in [0.4, 0.5) is 0 Å². The van der Waals surface area contributed by atoms with Crippen LogP contribution in [0.3, 0.4) is 0 Å². The van der Waals surface area contributed by atoms with Gasteiger partial charge in [-0.3, -0.25) is 14.1 Å². The van der Waals surface area contributed by atoms with E-state index in [9.17, 15) is 37.9 Å². The van der Waals surface area contributed by atoms with Crippen molar-refractivity contribution in [1.82, 2.24) is 0 Å². The third-order valence-corrected chi connectivity index (χ3v) is 10.5. The molecule has 60 heavy (non-hydrogen) atoms. The molecule has 2 unspecified atom stereocenters. The van der Waals surface area contributed by atoms with Crippen LogP contribution in [0.25, 0.3) is 0 Å². The maximum Gasteiger partial charge on any atom is 0.306 e. The number of rotatable bonds is 36. The summed E-state index contributed by atoms with van der Waals surface area (Å²) in [4.78, 5) is 25.4. The first-order chi connectivity index (χ1) is 29.0. The molecule has 0 aliphatic carbocycles. The van der Waals surface area contributed by atoms with E-state index in [1.54, 1.807) is 0 Å². The smallest absolute Gasteiger partial charge is 0.306 e. The minimum Gasteiger partial charge on any atom is -0.462 e. The summed E-state index contributed by atoms with van der Waals surface area (Å²) >= 11 is 0. The molecule has 1 rings (SSSR count). The van der Waals surface area contributed by atoms with E-state index in [2.05, 4.69) is 86.8 Å². The van der Waals surface area contributed by atoms with Gasteiger partial charge in [0.15, 0.2) is 12.4 Å². The first-order valence-corrected chi connectivity index (χ1v) is 24.1. The molecule has 1 heterocycles. The summed E-state index contributed by atoms with van der Waals surface area (Å²) in [7, 11) is -4.61. The van der Waals surface area contributed by atoms with Crippen LogP contribution in [0.5, 0.6) is 0 Å². The fourth-order valence-electron chi connectivity index (χ4n) is 6.28. The highest BCUT2D eigenvalue weighted by Crippen LogP contribution is 2.24. The van der Waals surface area contributed by atoms with Crippen molar-refractivity contribution in [2.45, 2.75) is 192 Å². The first-order valence-electron chi connectivity index (χ1n) is 22.5. The second kappa shape index (κ2) is 36.7. The summed E-state index contributed by atoms with van der Waals surface area (Å²) in [5, 5.41) is 30.9. The Kier molecular flexibility index (Phi) is 33.7. The molecule has 1 aliphatic rings. The lowest BCUT2D eigenvalue weighted by atomic mass is 10.00. The molecule has 12 nitrogen and oxygen atoms in total. The second-order valence-electron chi connectivity index (χ2n) is 15.3. The predicted octanol–water partition coefficient (Wildman–Crippen LogP) is 9.11. The Morgan fingerprint density at radius 3 is 1.60 bits per heavy atom. The third kappa shape index (κ3) is 31.0. The predicted molar refractivity (Wildman–Crippen MR) is 238 cm³/mol. The number of carbonyl (C=O) groups excluding carboxylic acids is 2. The number of aliphatic hydroxyl groups excluding tert-OH is 3. The molecule has 4 N–H and O–H groups in total. The van der Waals surface area contributed by atoms with Gasteiger partial charge in [-0.05, 0) is 83.5 Å². The molecule has 0 radical (unpaired) electrons. The zero-order chi connectivity index (χ0) is 44.1. The average Bonchev–Trinajstić information content (AvgIpc) is 3.21. The van der Waals surface area contributed by atoms with Crippen molar-refractivity contribution in [3.8, 4) is 0 Å². The number of carbonyl (C=O) groups is 2. The van der Waals surface area contributed by atoms with Crippen molar-refractivity contribution < 1.29 is 56.8 Å². The van der Waals surface area contributed by atoms with Gasteiger partial charge in [-0.1, -0.05) is 132 Å². The van der Waals surface area contributed by atoms with Crippen molar-refractivity contribution in [2.24, 2.45) is 0 Å². The van der Waals surface area contributed by atoms with Crippen LogP contribution >= 0.6 is 0 Å². The fourth-order valence-corrected chi connectivity index (χ4v) is 6.98. The summed E-state index contributed by atoms with van der Waals surface area (Å²) in [6.45, 7) is 3.58. The molecule has 0 amide bonds. The van der Waals surface area contributed by atoms with Gasteiger partial charge in [0.05, 0.1) is 6.61 Å². The summed E-state index contributed by atoms with van der Waals surface area (Å²) in [6, 6.07) is 0. The molecular formula is C47H78O12S. The van der Waals surface area contributed by atoms with Crippen LogP contribution in [0, 0.1) is 0 Å². The topological polar surface area (TPSA) is 186 Å². The first kappa shape index (κ1) is 55.1. The van der Waals surface area contributed by atoms with E-state index in [0.717, 1.165) is 89.9 Å². The van der Waals surface area contributed by atoms with Gasteiger partial charge in [-0.2, -0.15) is 8.42 Å². The Morgan fingerprint density at radius 1 is 0.583 bits per heavy atom. The molecule has 0 aromatic heterocycles. The summed E-state index contributed by atoms with van der Waals surface area (Å²) in [5.41, 5.74) is 0. The van der Waals surface area contributed by atoms with Gasteiger partial charge in [0, 0.05) is 12.8 Å². The van der Waals surface area contributed by atoms with E-state index < -0.39 is 71.2 Å². The van der Waals surface area contributed by atoms with Crippen LogP contribution in [-0.2, 0) is 38.7 Å². The highest BCUT2D eigenvalue weighted by Gasteiger charge is 2.46. The van der Waals surface area contributed by atoms with E-state index in [1.807, 2.05) is 0 Å². The highest BCUT2D eigenvalue weighted by atomic mass is 32.2. The Labute approximate surface area is 361 Å². The van der Waals surface area contributed by atoms with Gasteiger partial charge in [-0.25, -0.2) is 0 Å². The number of unbranched alkanes of at least 4 members (excludes halogenated alkanes) is 12. The molecule has 0 aromatic carbocycles. The van der Waals surface area contributed by atoms with E-state index in [4.69, 9.17) is 18.9 Å². The average molecular weight is 867 g/mol. The van der Waals surface area contributed by atoms with Gasteiger partial charge in [0.25, 0.3) is 10.1 Å². The zero-order valence-corrected chi connectivity index (χ0v) is 37.3. The Bertz CT molecular complexity index is 1390. The second-order valence-corrected chi connectivity index (χ2v) is 16.8. The summed E-state index contributed by atoms with van der Waals surface area (Å²) < 4.78 is 54.0. The molecule has 1 aliphatic heterocycles. The number of allylic oxidation sites excluding steroid dienone is 12. The van der Waals surface area contributed by atoms with E-state index >= 15 is 0 Å². The van der Waals surface area contributed by atoms with Gasteiger partial charge in [0.2, 0.25) is 0 Å². The van der Waals surface area contributed by atoms with Crippen LogP contribution in [0.15, 0.2) is 72.9 Å². The Morgan fingerprint density at radius 2 is 1.05 bits per heavy atom. The number of ether oxygens (including phenoxy) is 4. The largest absolute Gasteiger partial charge is 0.462 e. The molecule has 13 heteroatoms. The lowest BCUT2D eigenvalue weighted by molar-refractivity contribution is -0.297. The summed E-state index contributed by atoms with van der Waals surface area (Å²) in [6.07, 6.45) is 36.6. The molecular weight excluding hydrogens is 789 g/mol. The van der Waals surface area contributed by atoms with Crippen LogP contribution < -0.4 is 0 Å². The van der Waals surface area contributed by atoms with Gasteiger partial charge >= 0.3 is 11.9 Å². The number of aliphatic hydroxyl groups is 3.